The summed E-state index contributed by atoms with van der Waals surface area (Å²) in [7, 11) is 0. The van der Waals surface area contributed by atoms with Crippen LogP contribution in [0.25, 0.3) is 11.6 Å². The van der Waals surface area contributed by atoms with E-state index in [0.29, 0.717) is 0 Å². The normalized spacial score (nSPS) is 13.5. The lowest BCUT2D eigenvalue weighted by molar-refractivity contribution is 0.350. The number of hydrogen-bond acceptors (Lipinski definition) is 1. The molecule has 0 radical (unpaired) electrons. The quantitative estimate of drug-likeness (QED) is 0.641. The first-order chi connectivity index (χ1) is 5.31. The smallest absolute Gasteiger partial charge is 0.0688 e. The van der Waals surface area contributed by atoms with E-state index in [-0.39, 0.29) is 6.61 Å². The molecule has 1 heteroatoms. The van der Waals surface area contributed by atoms with E-state index in [2.05, 4.69) is 25.1 Å². The third-order valence-electron chi connectivity index (χ3n) is 2.05. The molecule has 0 amide bonds. The number of fused-ring (bicyclic) bond motifs is 1. The fraction of sp³-hybridized carbons (Fsp3) is 0.200. The van der Waals surface area contributed by atoms with Crippen molar-refractivity contribution in [2.24, 2.45) is 0 Å². The molecule has 0 fully saturated rings. The van der Waals surface area contributed by atoms with Crippen molar-refractivity contribution in [1.29, 1.82) is 0 Å². The van der Waals surface area contributed by atoms with Crippen LogP contribution in [0.2, 0.25) is 0 Å². The molecule has 0 saturated heterocycles. The Morgan fingerprint density at radius 3 is 2.91 bits per heavy atom. The maximum Gasteiger partial charge on any atom is 0.0688 e. The van der Waals surface area contributed by atoms with Crippen LogP contribution in [-0.2, 0) is 0 Å². The van der Waals surface area contributed by atoms with Crippen molar-refractivity contribution in [3.8, 4) is 0 Å². The Kier molecular flexibility index (Phi) is 1.33. The van der Waals surface area contributed by atoms with Gasteiger partial charge in [0, 0.05) is 0 Å². The first-order valence-electron chi connectivity index (χ1n) is 3.74. The van der Waals surface area contributed by atoms with Gasteiger partial charge in [0.1, 0.15) is 0 Å². The Morgan fingerprint density at radius 2 is 2.18 bits per heavy atom. The summed E-state index contributed by atoms with van der Waals surface area (Å²) in [6.07, 6.45) is 2.02. The van der Waals surface area contributed by atoms with Crippen molar-refractivity contribution in [2.45, 2.75) is 6.92 Å². The van der Waals surface area contributed by atoms with Crippen molar-refractivity contribution < 1.29 is 5.11 Å². The highest BCUT2D eigenvalue weighted by Gasteiger charge is 2.13. The lowest BCUT2D eigenvalue weighted by Crippen LogP contribution is -2.02. The SMILES string of the molecule is Cc1ccc2c(c1)C(CO)=C2. The molecule has 2 rings (SSSR count). The molecule has 0 atom stereocenters. The van der Waals surface area contributed by atoms with Gasteiger partial charge in [0.2, 0.25) is 0 Å². The molecule has 0 aromatic heterocycles. The predicted octanol–water partition coefficient (Wildman–Crippen LogP) is 1.84. The van der Waals surface area contributed by atoms with Crippen LogP contribution < -0.4 is 0 Å². The minimum Gasteiger partial charge on any atom is -0.392 e. The van der Waals surface area contributed by atoms with Gasteiger partial charge in [-0.3, -0.25) is 0 Å². The zero-order chi connectivity index (χ0) is 7.84. The summed E-state index contributed by atoms with van der Waals surface area (Å²) in [6, 6.07) is 6.29. The summed E-state index contributed by atoms with van der Waals surface area (Å²) < 4.78 is 0. The zero-order valence-electron chi connectivity index (χ0n) is 6.46. The second-order valence-electron chi connectivity index (χ2n) is 2.92. The van der Waals surface area contributed by atoms with Crippen LogP contribution in [0, 0.1) is 6.92 Å². The van der Waals surface area contributed by atoms with E-state index in [4.69, 9.17) is 5.11 Å². The maximum absolute atomic E-state index is 8.86. The molecule has 1 aliphatic carbocycles. The molecule has 0 heterocycles. The molecular formula is C10H10O. The second kappa shape index (κ2) is 2.21. The van der Waals surface area contributed by atoms with Crippen LogP contribution in [0.3, 0.4) is 0 Å². The maximum atomic E-state index is 8.86. The van der Waals surface area contributed by atoms with Gasteiger partial charge in [-0.1, -0.05) is 23.8 Å². The Morgan fingerprint density at radius 1 is 1.36 bits per heavy atom. The van der Waals surface area contributed by atoms with Gasteiger partial charge in [0.05, 0.1) is 6.61 Å². The van der Waals surface area contributed by atoms with Crippen LogP contribution in [0.4, 0.5) is 0 Å². The average molecular weight is 146 g/mol. The van der Waals surface area contributed by atoms with Crippen molar-refractivity contribution in [2.75, 3.05) is 6.61 Å². The van der Waals surface area contributed by atoms with Gasteiger partial charge in [0.15, 0.2) is 0 Å². The van der Waals surface area contributed by atoms with Gasteiger partial charge in [0.25, 0.3) is 0 Å². The van der Waals surface area contributed by atoms with Gasteiger partial charge in [-0.15, -0.1) is 0 Å². The number of rotatable bonds is 1. The topological polar surface area (TPSA) is 20.2 Å². The molecule has 0 spiro atoms. The first kappa shape index (κ1) is 6.62. The summed E-state index contributed by atoms with van der Waals surface area (Å²) in [5.74, 6) is 0. The molecular weight excluding hydrogens is 136 g/mol. The number of aryl methyl sites for hydroxylation is 1. The van der Waals surface area contributed by atoms with Gasteiger partial charge in [-0.2, -0.15) is 0 Å². The summed E-state index contributed by atoms with van der Waals surface area (Å²) in [5, 5.41) is 8.86. The molecule has 0 saturated carbocycles. The minimum atomic E-state index is 0.163. The summed E-state index contributed by atoms with van der Waals surface area (Å²) >= 11 is 0. The predicted molar refractivity (Wildman–Crippen MR) is 46.1 cm³/mol. The Balaban J connectivity index is 2.44. The molecule has 0 unspecified atom stereocenters. The van der Waals surface area contributed by atoms with Gasteiger partial charge < -0.3 is 5.11 Å². The van der Waals surface area contributed by atoms with E-state index < -0.39 is 0 Å². The number of benzene rings is 1. The molecule has 1 N–H and O–H groups in total. The van der Waals surface area contributed by atoms with E-state index in [1.807, 2.05) is 6.08 Å². The third-order valence-corrected chi connectivity index (χ3v) is 2.05. The standard InChI is InChI=1S/C10H10O/c1-7-2-3-8-5-9(6-11)10(8)4-7/h2-5,11H,6H2,1H3. The fourth-order valence-corrected chi connectivity index (χ4v) is 1.39. The lowest BCUT2D eigenvalue weighted by Gasteiger charge is -2.18. The molecule has 1 nitrogen and oxygen atoms in total. The molecule has 1 aromatic carbocycles. The highest BCUT2D eigenvalue weighted by molar-refractivity contribution is 5.96. The highest BCUT2D eigenvalue weighted by Crippen LogP contribution is 2.32. The van der Waals surface area contributed by atoms with E-state index in [1.165, 1.54) is 16.7 Å². The van der Waals surface area contributed by atoms with E-state index >= 15 is 0 Å². The first-order valence-corrected chi connectivity index (χ1v) is 3.74. The highest BCUT2D eigenvalue weighted by atomic mass is 16.3. The Bertz CT molecular complexity index is 324. The summed E-state index contributed by atoms with van der Waals surface area (Å²) in [4.78, 5) is 0. The molecule has 1 aliphatic rings. The van der Waals surface area contributed by atoms with E-state index in [0.717, 1.165) is 5.57 Å². The summed E-state index contributed by atoms with van der Waals surface area (Å²) in [5.41, 5.74) is 4.78. The van der Waals surface area contributed by atoms with Crippen molar-refractivity contribution >= 4 is 11.6 Å². The summed E-state index contributed by atoms with van der Waals surface area (Å²) in [6.45, 7) is 2.23. The monoisotopic (exact) mass is 146 g/mol. The molecule has 0 aliphatic heterocycles. The van der Waals surface area contributed by atoms with Crippen LogP contribution in [0.15, 0.2) is 18.2 Å². The van der Waals surface area contributed by atoms with Crippen LogP contribution in [0.5, 0.6) is 0 Å². The second-order valence-corrected chi connectivity index (χ2v) is 2.92. The zero-order valence-corrected chi connectivity index (χ0v) is 6.46. The minimum absolute atomic E-state index is 0.163. The number of aliphatic hydroxyl groups excluding tert-OH is 1. The van der Waals surface area contributed by atoms with Crippen molar-refractivity contribution in [3.05, 3.63) is 34.9 Å². The van der Waals surface area contributed by atoms with Crippen molar-refractivity contribution in [1.82, 2.24) is 0 Å². The Hall–Kier alpha value is -1.08. The molecule has 56 valence electrons. The van der Waals surface area contributed by atoms with E-state index in [9.17, 15) is 0 Å². The third kappa shape index (κ3) is 0.889. The van der Waals surface area contributed by atoms with Gasteiger partial charge in [-0.25, -0.2) is 0 Å². The van der Waals surface area contributed by atoms with Gasteiger partial charge >= 0.3 is 0 Å². The van der Waals surface area contributed by atoms with Crippen LogP contribution in [-0.4, -0.2) is 11.7 Å². The van der Waals surface area contributed by atoms with Gasteiger partial charge in [-0.05, 0) is 29.7 Å². The number of hydrogen-bond donors (Lipinski definition) is 1. The largest absolute Gasteiger partial charge is 0.392 e. The number of aliphatic hydroxyl groups is 1. The lowest BCUT2D eigenvalue weighted by atomic mass is 9.88. The molecule has 1 aromatic rings. The molecule has 11 heavy (non-hydrogen) atoms. The van der Waals surface area contributed by atoms with Crippen LogP contribution >= 0.6 is 0 Å². The fourth-order valence-electron chi connectivity index (χ4n) is 1.39. The Labute approximate surface area is 66.0 Å². The van der Waals surface area contributed by atoms with Crippen molar-refractivity contribution in [3.63, 3.8) is 0 Å². The molecule has 0 bridgehead atoms. The van der Waals surface area contributed by atoms with E-state index in [1.54, 1.807) is 0 Å². The average Bonchev–Trinajstić information content (AvgIpc) is 1.97. The van der Waals surface area contributed by atoms with Crippen LogP contribution in [0.1, 0.15) is 16.7 Å².